The highest BCUT2D eigenvalue weighted by atomic mass is 32.2. The van der Waals surface area contributed by atoms with Crippen LogP contribution in [0.1, 0.15) is 28.1 Å². The van der Waals surface area contributed by atoms with Crippen molar-refractivity contribution < 1.29 is 8.42 Å². The summed E-state index contributed by atoms with van der Waals surface area (Å²) in [6, 6.07) is 7.68. The maximum absolute atomic E-state index is 12.8. The molecule has 1 aromatic carbocycles. The van der Waals surface area contributed by atoms with E-state index in [1.807, 2.05) is 38.1 Å². The number of aliphatic imine (C=N–C) groups is 1. The van der Waals surface area contributed by atoms with Gasteiger partial charge < -0.3 is 10.6 Å². The van der Waals surface area contributed by atoms with Crippen LogP contribution in [0.3, 0.4) is 0 Å². The van der Waals surface area contributed by atoms with Gasteiger partial charge in [-0.3, -0.25) is 9.30 Å². The third kappa shape index (κ3) is 5.48. The van der Waals surface area contributed by atoms with Gasteiger partial charge in [-0.1, -0.05) is 18.2 Å². The molecule has 0 spiro atoms. The van der Waals surface area contributed by atoms with Gasteiger partial charge in [0.25, 0.3) is 0 Å². The fourth-order valence-electron chi connectivity index (χ4n) is 3.26. The zero-order valence-corrected chi connectivity index (χ0v) is 18.9. The lowest BCUT2D eigenvalue weighted by molar-refractivity contribution is 0.592. The molecule has 7 nitrogen and oxygen atoms in total. The Labute approximate surface area is 177 Å². The molecule has 0 amide bonds. The summed E-state index contributed by atoms with van der Waals surface area (Å²) in [5.41, 5.74) is 2.97. The van der Waals surface area contributed by atoms with Crippen LogP contribution in [0, 0.1) is 13.8 Å². The number of guanidine groups is 1. The Bertz CT molecular complexity index is 950. The monoisotopic (exact) mass is 435 g/mol. The highest BCUT2D eigenvalue weighted by Gasteiger charge is 2.28. The number of hydrogen-bond acceptors (Lipinski definition) is 5. The number of para-hydroxylation sites is 1. The fraction of sp³-hybridized carbons (Fsp3) is 0.500. The van der Waals surface area contributed by atoms with Crippen molar-refractivity contribution in [2.24, 2.45) is 4.99 Å². The van der Waals surface area contributed by atoms with Crippen molar-refractivity contribution in [1.82, 2.24) is 15.6 Å². The smallest absolute Gasteiger partial charge is 0.237 e. The van der Waals surface area contributed by atoms with E-state index >= 15 is 0 Å². The second-order valence-corrected chi connectivity index (χ2v) is 10.3. The number of sulfonamides is 1. The van der Waals surface area contributed by atoms with Crippen LogP contribution in [0.15, 0.2) is 29.3 Å². The van der Waals surface area contributed by atoms with Crippen LogP contribution in [0.5, 0.6) is 0 Å². The van der Waals surface area contributed by atoms with E-state index in [-0.39, 0.29) is 12.3 Å². The number of nitrogens with one attached hydrogen (secondary N) is 2. The van der Waals surface area contributed by atoms with E-state index in [0.717, 1.165) is 34.8 Å². The van der Waals surface area contributed by atoms with Crippen LogP contribution < -0.4 is 14.9 Å². The van der Waals surface area contributed by atoms with Crippen molar-refractivity contribution in [3.63, 3.8) is 0 Å². The van der Waals surface area contributed by atoms with E-state index in [1.54, 1.807) is 11.3 Å². The topological polar surface area (TPSA) is 86.7 Å². The Kier molecular flexibility index (Phi) is 7.13. The van der Waals surface area contributed by atoms with E-state index in [4.69, 9.17) is 0 Å². The van der Waals surface area contributed by atoms with Gasteiger partial charge in [-0.15, -0.1) is 11.3 Å². The van der Waals surface area contributed by atoms with Gasteiger partial charge in [-0.25, -0.2) is 13.4 Å². The quantitative estimate of drug-likeness (QED) is 0.491. The van der Waals surface area contributed by atoms with Crippen molar-refractivity contribution >= 4 is 33.0 Å². The van der Waals surface area contributed by atoms with Gasteiger partial charge in [0.2, 0.25) is 10.0 Å². The molecule has 2 N–H and O–H groups in total. The molecule has 0 aliphatic carbocycles. The average molecular weight is 436 g/mol. The molecule has 1 aliphatic heterocycles. The van der Waals surface area contributed by atoms with Crippen molar-refractivity contribution in [2.45, 2.75) is 33.6 Å². The first-order chi connectivity index (χ1) is 13.9. The first-order valence-electron chi connectivity index (χ1n) is 9.94. The molecular formula is C20H29N5O2S2. The summed E-state index contributed by atoms with van der Waals surface area (Å²) >= 11 is 1.71. The minimum atomic E-state index is -3.39. The fourth-order valence-corrected chi connectivity index (χ4v) is 5.58. The lowest BCUT2D eigenvalue weighted by atomic mass is 10.2. The number of nitrogens with zero attached hydrogens (tertiary/aromatic N) is 3. The molecule has 158 valence electrons. The Morgan fingerprint density at radius 3 is 2.79 bits per heavy atom. The predicted octanol–water partition coefficient (Wildman–Crippen LogP) is 2.25. The second-order valence-electron chi connectivity index (χ2n) is 6.95. The van der Waals surface area contributed by atoms with Gasteiger partial charge in [-0.2, -0.15) is 0 Å². The highest BCUT2D eigenvalue weighted by Crippen LogP contribution is 2.29. The lowest BCUT2D eigenvalue weighted by Crippen LogP contribution is -2.39. The predicted molar refractivity (Wildman–Crippen MR) is 121 cm³/mol. The van der Waals surface area contributed by atoms with E-state index in [1.165, 1.54) is 9.18 Å². The number of thiazole rings is 1. The molecule has 3 rings (SSSR count). The zero-order chi connectivity index (χ0) is 20.9. The van der Waals surface area contributed by atoms with Gasteiger partial charge >= 0.3 is 0 Å². The Balaban J connectivity index is 1.54. The summed E-state index contributed by atoms with van der Waals surface area (Å²) in [4.78, 5) is 10.2. The van der Waals surface area contributed by atoms with Crippen LogP contribution >= 0.6 is 11.3 Å². The van der Waals surface area contributed by atoms with Crippen LogP contribution in [0.25, 0.3) is 0 Å². The summed E-state index contributed by atoms with van der Waals surface area (Å²) in [5, 5.41) is 7.53. The standard InChI is InChI=1S/C20H29N5O2S2/c1-4-21-20(22-11-9-19-24-15(2)16(3)28-19)23-12-14-29(26,27)25-13-10-17-7-5-6-8-18(17)25/h5-8H,4,9-14H2,1-3H3,(H2,21,22,23). The molecule has 0 atom stereocenters. The highest BCUT2D eigenvalue weighted by molar-refractivity contribution is 7.92. The van der Waals surface area contributed by atoms with Gasteiger partial charge in [0, 0.05) is 30.9 Å². The molecule has 1 aromatic heterocycles. The molecule has 9 heteroatoms. The van der Waals surface area contributed by atoms with Gasteiger partial charge in [-0.05, 0) is 38.8 Å². The third-order valence-corrected chi connectivity index (χ3v) is 7.73. The van der Waals surface area contributed by atoms with Crippen LogP contribution in [-0.4, -0.2) is 51.3 Å². The number of rotatable bonds is 8. The third-order valence-electron chi connectivity index (χ3n) is 4.85. The number of fused-ring (bicyclic) bond motifs is 1. The number of benzene rings is 1. The molecule has 2 aromatic rings. The molecule has 0 saturated carbocycles. The number of aryl methyl sites for hydroxylation is 2. The SMILES string of the molecule is CCNC(=NCCS(=O)(=O)N1CCc2ccccc21)NCCc1nc(C)c(C)s1. The summed E-state index contributed by atoms with van der Waals surface area (Å²) in [6.45, 7) is 8.23. The van der Waals surface area contributed by atoms with Crippen LogP contribution in [0.4, 0.5) is 5.69 Å². The molecule has 0 unspecified atom stereocenters. The molecule has 29 heavy (non-hydrogen) atoms. The summed E-state index contributed by atoms with van der Waals surface area (Å²) in [5.74, 6) is 0.623. The Hall–Kier alpha value is -2.13. The normalized spacial score (nSPS) is 14.2. The van der Waals surface area contributed by atoms with E-state index in [9.17, 15) is 8.42 Å². The van der Waals surface area contributed by atoms with Crippen molar-refractivity contribution in [1.29, 1.82) is 0 Å². The van der Waals surface area contributed by atoms with Gasteiger partial charge in [0.15, 0.2) is 5.96 Å². The first-order valence-corrected chi connectivity index (χ1v) is 12.4. The van der Waals surface area contributed by atoms with Crippen molar-refractivity contribution in [3.05, 3.63) is 45.4 Å². The zero-order valence-electron chi connectivity index (χ0n) is 17.2. The Morgan fingerprint density at radius 2 is 2.07 bits per heavy atom. The molecule has 0 saturated heterocycles. The first kappa shape index (κ1) is 21.6. The van der Waals surface area contributed by atoms with E-state index in [2.05, 4.69) is 27.5 Å². The van der Waals surface area contributed by atoms with Gasteiger partial charge in [0.1, 0.15) is 0 Å². The minimum absolute atomic E-state index is 0.0111. The number of anilines is 1. The average Bonchev–Trinajstić information content (AvgIpc) is 3.25. The maximum atomic E-state index is 12.8. The Morgan fingerprint density at radius 1 is 1.28 bits per heavy atom. The minimum Gasteiger partial charge on any atom is -0.357 e. The molecule has 1 aliphatic rings. The molecule has 2 heterocycles. The number of hydrogen-bond donors (Lipinski definition) is 2. The maximum Gasteiger partial charge on any atom is 0.237 e. The summed E-state index contributed by atoms with van der Waals surface area (Å²) < 4.78 is 27.1. The largest absolute Gasteiger partial charge is 0.357 e. The molecule has 0 bridgehead atoms. The molecular weight excluding hydrogens is 406 g/mol. The summed E-state index contributed by atoms with van der Waals surface area (Å²) in [7, 11) is -3.39. The van der Waals surface area contributed by atoms with Crippen molar-refractivity contribution in [3.8, 4) is 0 Å². The molecule has 0 fully saturated rings. The molecule has 0 radical (unpaired) electrons. The second kappa shape index (κ2) is 9.58. The van der Waals surface area contributed by atoms with Crippen LogP contribution in [0.2, 0.25) is 0 Å². The van der Waals surface area contributed by atoms with E-state index in [0.29, 0.717) is 25.6 Å². The van der Waals surface area contributed by atoms with Crippen LogP contribution in [-0.2, 0) is 22.9 Å². The lowest BCUT2D eigenvalue weighted by Gasteiger charge is -2.19. The number of aromatic nitrogens is 1. The summed E-state index contributed by atoms with van der Waals surface area (Å²) in [6.07, 6.45) is 1.57. The van der Waals surface area contributed by atoms with Gasteiger partial charge in [0.05, 0.1) is 28.7 Å². The van der Waals surface area contributed by atoms with Crippen molar-refractivity contribution in [2.75, 3.05) is 36.2 Å². The van der Waals surface area contributed by atoms with E-state index < -0.39 is 10.0 Å².